The molecule has 0 aliphatic rings. The SMILES string of the molecule is C#CC(C)(C)NC(=O)NC(C)CCCC(C)C(=O)O. The van der Waals surface area contributed by atoms with Gasteiger partial charge in [0.2, 0.25) is 0 Å². The van der Waals surface area contributed by atoms with Crippen molar-refractivity contribution in [3.05, 3.63) is 0 Å². The number of hydrogen-bond donors (Lipinski definition) is 3. The van der Waals surface area contributed by atoms with E-state index in [1.54, 1.807) is 20.8 Å². The van der Waals surface area contributed by atoms with E-state index in [9.17, 15) is 9.59 Å². The molecule has 0 fully saturated rings. The fourth-order valence-electron chi connectivity index (χ4n) is 1.51. The van der Waals surface area contributed by atoms with Crippen molar-refractivity contribution < 1.29 is 14.7 Å². The minimum atomic E-state index is -0.783. The number of carbonyl (C=O) groups is 2. The van der Waals surface area contributed by atoms with Crippen molar-refractivity contribution in [2.75, 3.05) is 0 Å². The maximum Gasteiger partial charge on any atom is 0.316 e. The zero-order valence-corrected chi connectivity index (χ0v) is 12.1. The Kier molecular flexibility index (Phi) is 6.99. The number of amides is 2. The first-order valence-corrected chi connectivity index (χ1v) is 6.47. The molecule has 0 aromatic rings. The molecule has 108 valence electrons. The maximum atomic E-state index is 11.6. The van der Waals surface area contributed by atoms with Crippen LogP contribution in [0.5, 0.6) is 0 Å². The fourth-order valence-corrected chi connectivity index (χ4v) is 1.51. The van der Waals surface area contributed by atoms with Crippen LogP contribution in [-0.4, -0.2) is 28.7 Å². The van der Waals surface area contributed by atoms with Crippen LogP contribution in [0.1, 0.15) is 47.0 Å². The van der Waals surface area contributed by atoms with Gasteiger partial charge in [0.25, 0.3) is 0 Å². The number of nitrogens with one attached hydrogen (secondary N) is 2. The van der Waals surface area contributed by atoms with E-state index in [0.717, 1.165) is 12.8 Å². The van der Waals surface area contributed by atoms with Gasteiger partial charge in [-0.05, 0) is 33.6 Å². The first-order valence-electron chi connectivity index (χ1n) is 6.47. The minimum Gasteiger partial charge on any atom is -0.481 e. The predicted octanol–water partition coefficient (Wildman–Crippen LogP) is 1.98. The molecule has 0 bridgehead atoms. The van der Waals surface area contributed by atoms with Crippen LogP contribution in [0, 0.1) is 18.3 Å². The third-order valence-electron chi connectivity index (χ3n) is 2.86. The number of terminal acetylenes is 1. The molecule has 2 amide bonds. The smallest absolute Gasteiger partial charge is 0.316 e. The Labute approximate surface area is 115 Å². The average Bonchev–Trinajstić information content (AvgIpc) is 2.27. The summed E-state index contributed by atoms with van der Waals surface area (Å²) in [5.74, 6) is 1.35. The quantitative estimate of drug-likeness (QED) is 0.618. The van der Waals surface area contributed by atoms with Crippen molar-refractivity contribution in [3.8, 4) is 12.3 Å². The summed E-state index contributed by atoms with van der Waals surface area (Å²) in [7, 11) is 0. The number of aliphatic carboxylic acids is 1. The molecular weight excluding hydrogens is 244 g/mol. The summed E-state index contributed by atoms with van der Waals surface area (Å²) in [5, 5.41) is 14.2. The van der Waals surface area contributed by atoms with E-state index in [-0.39, 0.29) is 18.0 Å². The van der Waals surface area contributed by atoms with Crippen LogP contribution < -0.4 is 10.6 Å². The second-order valence-electron chi connectivity index (χ2n) is 5.44. The molecule has 0 spiro atoms. The van der Waals surface area contributed by atoms with Gasteiger partial charge in [0, 0.05) is 6.04 Å². The highest BCUT2D eigenvalue weighted by molar-refractivity contribution is 5.75. The van der Waals surface area contributed by atoms with E-state index >= 15 is 0 Å². The van der Waals surface area contributed by atoms with Gasteiger partial charge in [-0.15, -0.1) is 6.42 Å². The summed E-state index contributed by atoms with van der Waals surface area (Å²) in [6, 6.07) is -0.323. The van der Waals surface area contributed by atoms with Gasteiger partial charge in [-0.2, -0.15) is 0 Å². The Morgan fingerprint density at radius 1 is 1.32 bits per heavy atom. The second-order valence-corrected chi connectivity index (χ2v) is 5.44. The van der Waals surface area contributed by atoms with Crippen molar-refractivity contribution in [1.29, 1.82) is 0 Å². The number of carboxylic acid groups (broad SMARTS) is 1. The number of hydrogen-bond acceptors (Lipinski definition) is 2. The second kappa shape index (κ2) is 7.67. The summed E-state index contributed by atoms with van der Waals surface area (Å²) in [6.45, 7) is 7.05. The van der Waals surface area contributed by atoms with Gasteiger partial charge in [0.05, 0.1) is 11.5 Å². The molecule has 0 aliphatic carbocycles. The molecular formula is C14H24N2O3. The predicted molar refractivity (Wildman–Crippen MR) is 74.7 cm³/mol. The molecule has 19 heavy (non-hydrogen) atoms. The maximum absolute atomic E-state index is 11.6. The third-order valence-corrected chi connectivity index (χ3v) is 2.86. The Hall–Kier alpha value is -1.70. The first-order chi connectivity index (χ1) is 8.68. The van der Waals surface area contributed by atoms with Crippen LogP contribution in [0.4, 0.5) is 4.79 Å². The van der Waals surface area contributed by atoms with Gasteiger partial charge < -0.3 is 15.7 Å². The molecule has 0 radical (unpaired) electrons. The molecule has 0 saturated carbocycles. The molecule has 2 unspecified atom stereocenters. The van der Waals surface area contributed by atoms with E-state index in [2.05, 4.69) is 16.6 Å². The molecule has 0 heterocycles. The Morgan fingerprint density at radius 3 is 2.37 bits per heavy atom. The zero-order valence-electron chi connectivity index (χ0n) is 12.1. The highest BCUT2D eigenvalue weighted by Gasteiger charge is 2.18. The molecule has 0 aliphatic heterocycles. The topological polar surface area (TPSA) is 78.4 Å². The number of carbonyl (C=O) groups excluding carboxylic acids is 1. The first kappa shape index (κ1) is 17.3. The lowest BCUT2D eigenvalue weighted by Crippen LogP contribution is -2.49. The van der Waals surface area contributed by atoms with E-state index in [1.165, 1.54) is 0 Å². The number of urea groups is 1. The Morgan fingerprint density at radius 2 is 1.89 bits per heavy atom. The van der Waals surface area contributed by atoms with Gasteiger partial charge in [-0.25, -0.2) is 4.79 Å². The van der Waals surface area contributed by atoms with Crippen LogP contribution in [0.25, 0.3) is 0 Å². The summed E-state index contributed by atoms with van der Waals surface area (Å²) >= 11 is 0. The van der Waals surface area contributed by atoms with E-state index in [4.69, 9.17) is 11.5 Å². The van der Waals surface area contributed by atoms with Gasteiger partial charge in [0.15, 0.2) is 0 Å². The highest BCUT2D eigenvalue weighted by Crippen LogP contribution is 2.09. The van der Waals surface area contributed by atoms with Crippen molar-refractivity contribution in [2.24, 2.45) is 5.92 Å². The van der Waals surface area contributed by atoms with Gasteiger partial charge in [-0.3, -0.25) is 4.79 Å². The Bertz CT molecular complexity index is 358. The molecule has 3 N–H and O–H groups in total. The highest BCUT2D eigenvalue weighted by atomic mass is 16.4. The molecule has 2 atom stereocenters. The van der Waals surface area contributed by atoms with Gasteiger partial charge >= 0.3 is 12.0 Å². The standard InChI is InChI=1S/C14H24N2O3/c1-6-14(4,5)16-13(19)15-11(3)9-7-8-10(2)12(17)18/h1,10-11H,7-9H2,2-5H3,(H,17,18)(H2,15,16,19). The van der Waals surface area contributed by atoms with E-state index in [1.807, 2.05) is 6.92 Å². The molecule has 0 aromatic heterocycles. The average molecular weight is 268 g/mol. The zero-order chi connectivity index (χ0) is 15.1. The molecule has 0 rings (SSSR count). The Balaban J connectivity index is 3.93. The molecule has 5 nitrogen and oxygen atoms in total. The normalized spacial score (nSPS) is 14.1. The van der Waals surface area contributed by atoms with Gasteiger partial charge in [0.1, 0.15) is 0 Å². The molecule has 0 saturated heterocycles. The summed E-state index contributed by atoms with van der Waals surface area (Å²) in [5.41, 5.74) is -0.679. The number of rotatable bonds is 7. The van der Waals surface area contributed by atoms with Crippen molar-refractivity contribution in [1.82, 2.24) is 10.6 Å². The number of carboxylic acids is 1. The van der Waals surface area contributed by atoms with Crippen LogP contribution >= 0.6 is 0 Å². The summed E-state index contributed by atoms with van der Waals surface area (Å²) in [6.07, 6.45) is 7.38. The van der Waals surface area contributed by atoms with Crippen molar-refractivity contribution >= 4 is 12.0 Å². The largest absolute Gasteiger partial charge is 0.481 e. The van der Waals surface area contributed by atoms with E-state index in [0.29, 0.717) is 6.42 Å². The molecule has 0 aromatic carbocycles. The van der Waals surface area contributed by atoms with Crippen LogP contribution in [0.15, 0.2) is 0 Å². The lowest BCUT2D eigenvalue weighted by atomic mass is 10.0. The van der Waals surface area contributed by atoms with Crippen molar-refractivity contribution in [3.63, 3.8) is 0 Å². The summed E-state index contributed by atoms with van der Waals surface area (Å²) in [4.78, 5) is 22.3. The minimum absolute atomic E-state index is 0.0189. The van der Waals surface area contributed by atoms with Crippen molar-refractivity contribution in [2.45, 2.75) is 58.5 Å². The summed E-state index contributed by atoms with van der Waals surface area (Å²) < 4.78 is 0. The lowest BCUT2D eigenvalue weighted by Gasteiger charge is -2.22. The van der Waals surface area contributed by atoms with Crippen LogP contribution in [0.3, 0.4) is 0 Å². The molecule has 5 heteroatoms. The van der Waals surface area contributed by atoms with E-state index < -0.39 is 11.5 Å². The third kappa shape index (κ3) is 8.09. The monoisotopic (exact) mass is 268 g/mol. The van der Waals surface area contributed by atoms with Gasteiger partial charge in [-0.1, -0.05) is 19.3 Å². The van der Waals surface area contributed by atoms with Crippen LogP contribution in [0.2, 0.25) is 0 Å². The fraction of sp³-hybridized carbons (Fsp3) is 0.714. The van der Waals surface area contributed by atoms with Crippen LogP contribution in [-0.2, 0) is 4.79 Å². The lowest BCUT2D eigenvalue weighted by molar-refractivity contribution is -0.141.